The van der Waals surface area contributed by atoms with E-state index in [0.717, 1.165) is 25.7 Å². The Morgan fingerprint density at radius 1 is 1.24 bits per heavy atom. The van der Waals surface area contributed by atoms with Crippen molar-refractivity contribution in [2.45, 2.75) is 46.5 Å². The van der Waals surface area contributed by atoms with E-state index in [4.69, 9.17) is 10.2 Å². The fourth-order valence-electron chi connectivity index (χ4n) is 0.953. The average Bonchev–Trinajstić information content (AvgIpc) is 2.19. The van der Waals surface area contributed by atoms with Crippen LogP contribution in [0.4, 0.5) is 0 Å². The Morgan fingerprint density at radius 3 is 1.82 bits per heavy atom. The molecule has 0 aromatic carbocycles. The van der Waals surface area contributed by atoms with Crippen molar-refractivity contribution in [2.75, 3.05) is 0 Å². The van der Waals surface area contributed by atoms with E-state index in [2.05, 4.69) is 13.5 Å². The quantitative estimate of drug-likeness (QED) is 0.583. The van der Waals surface area contributed by atoms with Gasteiger partial charge >= 0.3 is 11.9 Å². The molecule has 0 saturated heterocycles. The fourth-order valence-corrected chi connectivity index (χ4v) is 0.953. The van der Waals surface area contributed by atoms with Crippen molar-refractivity contribution in [3.8, 4) is 0 Å². The molecule has 0 radical (unpaired) electrons. The Kier molecular flexibility index (Phi) is 17.0. The van der Waals surface area contributed by atoms with E-state index in [1.54, 1.807) is 0 Å². The first-order valence-electron chi connectivity index (χ1n) is 5.48. The second-order valence-corrected chi connectivity index (χ2v) is 3.67. The first kappa shape index (κ1) is 21.6. The molecule has 0 aromatic rings. The largest absolute Gasteiger partial charge is 0.481 e. The number of hydrogen-bond donors (Lipinski definition) is 2. The van der Waals surface area contributed by atoms with Crippen LogP contribution >= 0.6 is 0 Å². The molecule has 0 aliphatic heterocycles. The second kappa shape index (κ2) is 13.4. The third kappa shape index (κ3) is 15.3. The van der Waals surface area contributed by atoms with Crippen LogP contribution in [0.5, 0.6) is 0 Å². The topological polar surface area (TPSA) is 74.6 Å². The van der Waals surface area contributed by atoms with E-state index < -0.39 is 11.9 Å². The summed E-state index contributed by atoms with van der Waals surface area (Å²) in [5.41, 5.74) is 0.176. The molecule has 1 atom stereocenters. The molecule has 1 unspecified atom stereocenters. The molecule has 5 heteroatoms. The van der Waals surface area contributed by atoms with Gasteiger partial charge < -0.3 is 10.2 Å². The molecule has 0 heterocycles. The average molecular weight is 296 g/mol. The Morgan fingerprint density at radius 2 is 1.65 bits per heavy atom. The number of unbranched alkanes of at least 4 members (excludes halogenated alkanes) is 1. The van der Waals surface area contributed by atoms with Crippen LogP contribution in [0.1, 0.15) is 46.5 Å². The molecule has 0 aliphatic rings. The molecule has 0 aromatic heterocycles. The van der Waals surface area contributed by atoms with E-state index >= 15 is 0 Å². The van der Waals surface area contributed by atoms with Crippen molar-refractivity contribution in [3.05, 3.63) is 12.2 Å². The molecular weight excluding hydrogens is 274 g/mol. The van der Waals surface area contributed by atoms with Crippen molar-refractivity contribution < 1.29 is 39.3 Å². The van der Waals surface area contributed by atoms with Crippen molar-refractivity contribution in [2.24, 2.45) is 5.92 Å². The van der Waals surface area contributed by atoms with Gasteiger partial charge in [-0.15, -0.1) is 0 Å². The van der Waals surface area contributed by atoms with E-state index in [1.165, 1.54) is 6.92 Å². The van der Waals surface area contributed by atoms with Gasteiger partial charge in [0.2, 0.25) is 0 Å². The van der Waals surface area contributed by atoms with Gasteiger partial charge in [0.1, 0.15) is 0 Å². The minimum Gasteiger partial charge on any atom is -0.481 e. The normalized spacial score (nSPS) is 10.3. The van der Waals surface area contributed by atoms with Gasteiger partial charge in [0.25, 0.3) is 0 Å². The van der Waals surface area contributed by atoms with Gasteiger partial charge in [0.15, 0.2) is 0 Å². The third-order valence-corrected chi connectivity index (χ3v) is 2.11. The zero-order valence-electron chi connectivity index (χ0n) is 11.0. The minimum atomic E-state index is -0.935. The molecule has 2 N–H and O–H groups in total. The summed E-state index contributed by atoms with van der Waals surface area (Å²) in [6, 6.07) is 0. The summed E-state index contributed by atoms with van der Waals surface area (Å²) in [5, 5.41) is 16.5. The summed E-state index contributed by atoms with van der Waals surface area (Å²) in [4.78, 5) is 20.0. The summed E-state index contributed by atoms with van der Waals surface area (Å²) in [7, 11) is 0. The summed E-state index contributed by atoms with van der Waals surface area (Å²) < 4.78 is 0. The zero-order chi connectivity index (χ0) is 13.1. The molecule has 0 aliphatic carbocycles. The summed E-state index contributed by atoms with van der Waals surface area (Å²) in [5.74, 6) is -1.69. The molecule has 0 rings (SSSR count). The molecule has 0 spiro atoms. The van der Waals surface area contributed by atoms with Crippen LogP contribution in [-0.2, 0) is 29.1 Å². The van der Waals surface area contributed by atoms with Gasteiger partial charge in [-0.3, -0.25) is 4.79 Å². The van der Waals surface area contributed by atoms with Gasteiger partial charge in [-0.2, -0.15) is 0 Å². The monoisotopic (exact) mass is 294 g/mol. The van der Waals surface area contributed by atoms with Crippen LogP contribution < -0.4 is 0 Å². The Hall–Kier alpha value is -0.697. The molecule has 17 heavy (non-hydrogen) atoms. The van der Waals surface area contributed by atoms with Crippen molar-refractivity contribution >= 4 is 11.9 Å². The van der Waals surface area contributed by atoms with Crippen LogP contribution in [0.3, 0.4) is 0 Å². The van der Waals surface area contributed by atoms with E-state index in [-0.39, 0.29) is 31.0 Å². The van der Waals surface area contributed by atoms with Crippen molar-refractivity contribution in [1.29, 1.82) is 0 Å². The molecular formula is C12H22O4Zn. The maximum atomic E-state index is 10.4. The van der Waals surface area contributed by atoms with Crippen LogP contribution in [-0.4, -0.2) is 22.2 Å². The summed E-state index contributed by atoms with van der Waals surface area (Å²) in [6.45, 7) is 8.60. The van der Waals surface area contributed by atoms with Crippen molar-refractivity contribution in [1.82, 2.24) is 0 Å². The Labute approximate surface area is 116 Å². The number of hydrogen-bond acceptors (Lipinski definition) is 2. The smallest absolute Gasteiger partial charge is 0.330 e. The Bertz CT molecular complexity index is 227. The number of carbonyl (C=O) groups is 2. The predicted octanol–water partition coefficient (Wildman–Crippen LogP) is 2.93. The molecule has 96 valence electrons. The maximum absolute atomic E-state index is 10.4. The van der Waals surface area contributed by atoms with Crippen molar-refractivity contribution in [3.63, 3.8) is 0 Å². The molecule has 0 amide bonds. The van der Waals surface area contributed by atoms with E-state index in [0.29, 0.717) is 0 Å². The molecule has 0 bridgehead atoms. The van der Waals surface area contributed by atoms with E-state index in [1.807, 2.05) is 6.92 Å². The minimum absolute atomic E-state index is 0. The van der Waals surface area contributed by atoms with Gasteiger partial charge in [-0.05, 0) is 19.8 Å². The van der Waals surface area contributed by atoms with Gasteiger partial charge in [-0.25, -0.2) is 4.79 Å². The van der Waals surface area contributed by atoms with E-state index in [9.17, 15) is 9.59 Å². The van der Waals surface area contributed by atoms with Gasteiger partial charge in [0.05, 0.1) is 5.92 Å². The molecule has 4 nitrogen and oxygen atoms in total. The number of rotatable bonds is 6. The number of carboxylic acids is 2. The van der Waals surface area contributed by atoms with Gasteiger partial charge in [-0.1, -0.05) is 33.3 Å². The summed E-state index contributed by atoms with van der Waals surface area (Å²) in [6.07, 6.45) is 3.71. The first-order valence-corrected chi connectivity index (χ1v) is 5.48. The van der Waals surface area contributed by atoms with Crippen LogP contribution in [0.15, 0.2) is 12.2 Å². The zero-order valence-corrected chi connectivity index (χ0v) is 14.0. The van der Waals surface area contributed by atoms with Gasteiger partial charge in [0, 0.05) is 25.1 Å². The number of carboxylic acid groups (broad SMARTS) is 2. The predicted molar refractivity (Wildman–Crippen MR) is 63.4 cm³/mol. The second-order valence-electron chi connectivity index (χ2n) is 3.67. The van der Waals surface area contributed by atoms with Crippen LogP contribution in [0.2, 0.25) is 0 Å². The molecule has 0 saturated carbocycles. The SMILES string of the molecule is C=C(C)C(=O)O.CCCCC(CC)C(=O)O.[Zn]. The fraction of sp³-hybridized carbons (Fsp3) is 0.667. The third-order valence-electron chi connectivity index (χ3n) is 2.11. The standard InChI is InChI=1S/C8H16O2.C4H6O2.Zn/c1-3-5-6-7(4-2)8(9)10;1-3(2)4(5)6;/h7H,3-6H2,1-2H3,(H,9,10);1H2,2H3,(H,5,6);. The maximum Gasteiger partial charge on any atom is 0.330 e. The Balaban J connectivity index is -0.000000244. The first-order chi connectivity index (χ1) is 7.36. The molecule has 0 fully saturated rings. The summed E-state index contributed by atoms with van der Waals surface area (Å²) >= 11 is 0. The van der Waals surface area contributed by atoms with Crippen LogP contribution in [0, 0.1) is 5.92 Å². The van der Waals surface area contributed by atoms with Crippen LogP contribution in [0.25, 0.3) is 0 Å². The number of aliphatic carboxylic acids is 2.